The Morgan fingerprint density at radius 2 is 2.05 bits per heavy atom. The first kappa shape index (κ1) is 17.4. The van der Waals surface area contributed by atoms with Crippen molar-refractivity contribution in [2.75, 3.05) is 19.6 Å². The zero-order valence-corrected chi connectivity index (χ0v) is 13.6. The number of rotatable bonds is 6. The van der Waals surface area contributed by atoms with Crippen LogP contribution >= 0.6 is 12.4 Å². The number of likely N-dealkylation sites (tertiary alicyclic amines) is 1. The van der Waals surface area contributed by atoms with Gasteiger partial charge in [0.2, 0.25) is 10.0 Å². The summed E-state index contributed by atoms with van der Waals surface area (Å²) in [6, 6.07) is 0.286. The SMILES string of the molecule is CCC(CNS(=O)(=O)c1cnn(C)c1)N1CCCC1.Cl. The molecule has 1 atom stereocenters. The fourth-order valence-electron chi connectivity index (χ4n) is 2.47. The molecule has 1 aromatic heterocycles. The number of halogens is 1. The van der Waals surface area contributed by atoms with Crippen LogP contribution in [0, 0.1) is 0 Å². The van der Waals surface area contributed by atoms with E-state index in [0.29, 0.717) is 6.54 Å². The lowest BCUT2D eigenvalue weighted by atomic mass is 10.2. The smallest absolute Gasteiger partial charge is 0.243 e. The van der Waals surface area contributed by atoms with Gasteiger partial charge in [0.1, 0.15) is 4.90 Å². The first-order valence-corrected chi connectivity index (χ1v) is 8.23. The molecular weight excluding hydrogens is 300 g/mol. The van der Waals surface area contributed by atoms with Crippen LogP contribution in [0.2, 0.25) is 0 Å². The Balaban J connectivity index is 0.00000200. The summed E-state index contributed by atoms with van der Waals surface area (Å²) in [4.78, 5) is 2.59. The summed E-state index contributed by atoms with van der Waals surface area (Å²) in [5.41, 5.74) is 0. The second-order valence-electron chi connectivity index (χ2n) is 5.01. The number of aryl methyl sites for hydroxylation is 1. The van der Waals surface area contributed by atoms with Crippen LogP contribution in [-0.4, -0.2) is 48.8 Å². The molecule has 1 unspecified atom stereocenters. The Morgan fingerprint density at radius 3 is 2.55 bits per heavy atom. The molecule has 8 heteroatoms. The molecule has 1 saturated heterocycles. The van der Waals surface area contributed by atoms with Crippen molar-refractivity contribution in [2.45, 2.75) is 37.1 Å². The molecule has 20 heavy (non-hydrogen) atoms. The average Bonchev–Trinajstić information content (AvgIpc) is 3.01. The molecule has 1 fully saturated rings. The highest BCUT2D eigenvalue weighted by Crippen LogP contribution is 2.14. The van der Waals surface area contributed by atoms with Gasteiger partial charge in [0, 0.05) is 25.8 Å². The Labute approximate surface area is 127 Å². The van der Waals surface area contributed by atoms with Crippen LogP contribution in [0.3, 0.4) is 0 Å². The minimum absolute atomic E-state index is 0. The molecule has 2 heterocycles. The summed E-state index contributed by atoms with van der Waals surface area (Å²) in [7, 11) is -1.73. The lowest BCUT2D eigenvalue weighted by molar-refractivity contribution is 0.237. The molecule has 0 spiro atoms. The molecule has 0 amide bonds. The van der Waals surface area contributed by atoms with E-state index in [4.69, 9.17) is 0 Å². The third-order valence-electron chi connectivity index (χ3n) is 3.63. The number of sulfonamides is 1. The summed E-state index contributed by atoms with van der Waals surface area (Å²) in [5, 5.41) is 3.89. The first-order valence-electron chi connectivity index (χ1n) is 6.75. The normalized spacial score (nSPS) is 17.9. The molecule has 0 bridgehead atoms. The molecule has 1 N–H and O–H groups in total. The second kappa shape index (κ2) is 7.40. The summed E-state index contributed by atoms with van der Waals surface area (Å²) in [6.45, 7) is 4.72. The standard InChI is InChI=1S/C12H22N4O2S.ClH/c1-3-11(16-6-4-5-7-16)8-14-19(17,18)12-9-13-15(2)10-12;/h9-11,14H,3-8H2,1-2H3;1H. The van der Waals surface area contributed by atoms with Gasteiger partial charge in [0.15, 0.2) is 0 Å². The van der Waals surface area contributed by atoms with E-state index in [2.05, 4.69) is 21.6 Å². The van der Waals surface area contributed by atoms with Crippen LogP contribution in [0.1, 0.15) is 26.2 Å². The van der Waals surface area contributed by atoms with Crippen LogP contribution in [0.5, 0.6) is 0 Å². The molecule has 2 rings (SSSR count). The van der Waals surface area contributed by atoms with E-state index >= 15 is 0 Å². The molecule has 6 nitrogen and oxygen atoms in total. The number of hydrogen-bond donors (Lipinski definition) is 1. The topological polar surface area (TPSA) is 67.2 Å². The van der Waals surface area contributed by atoms with Gasteiger partial charge in [-0.25, -0.2) is 13.1 Å². The van der Waals surface area contributed by atoms with Crippen LogP contribution in [0.15, 0.2) is 17.3 Å². The van der Waals surface area contributed by atoms with Gasteiger partial charge in [-0.05, 0) is 32.4 Å². The molecule has 1 aromatic rings. The predicted octanol–water partition coefficient (Wildman–Crippen LogP) is 0.995. The van der Waals surface area contributed by atoms with Gasteiger partial charge in [0.05, 0.1) is 6.20 Å². The molecule has 0 radical (unpaired) electrons. The summed E-state index contributed by atoms with van der Waals surface area (Å²) in [5.74, 6) is 0. The molecule has 1 aliphatic heterocycles. The Bertz CT molecular complexity index is 511. The average molecular weight is 323 g/mol. The van der Waals surface area contributed by atoms with E-state index < -0.39 is 10.0 Å². The quantitative estimate of drug-likeness (QED) is 0.848. The van der Waals surface area contributed by atoms with Crippen LogP contribution < -0.4 is 4.72 Å². The van der Waals surface area contributed by atoms with Gasteiger partial charge in [-0.1, -0.05) is 6.92 Å². The predicted molar refractivity (Wildman–Crippen MR) is 80.5 cm³/mol. The maximum absolute atomic E-state index is 12.1. The van der Waals surface area contributed by atoms with E-state index in [0.717, 1.165) is 19.5 Å². The summed E-state index contributed by atoms with van der Waals surface area (Å²) < 4.78 is 28.4. The first-order chi connectivity index (χ1) is 9.03. The zero-order valence-electron chi connectivity index (χ0n) is 11.9. The lowest BCUT2D eigenvalue weighted by Gasteiger charge is -2.26. The summed E-state index contributed by atoms with van der Waals surface area (Å²) >= 11 is 0. The van der Waals surface area contributed by atoms with E-state index in [1.165, 1.54) is 29.9 Å². The number of nitrogens with zero attached hydrogens (tertiary/aromatic N) is 3. The van der Waals surface area contributed by atoms with Gasteiger partial charge >= 0.3 is 0 Å². The molecule has 116 valence electrons. The molecule has 0 saturated carbocycles. The van der Waals surface area contributed by atoms with Gasteiger partial charge in [0.25, 0.3) is 0 Å². The van der Waals surface area contributed by atoms with E-state index in [9.17, 15) is 8.42 Å². The van der Waals surface area contributed by atoms with Crippen molar-refractivity contribution >= 4 is 22.4 Å². The third kappa shape index (κ3) is 4.18. The Kier molecular flexibility index (Phi) is 6.44. The van der Waals surface area contributed by atoms with Gasteiger partial charge in [-0.3, -0.25) is 9.58 Å². The molecule has 0 aromatic carbocycles. The maximum atomic E-state index is 12.1. The van der Waals surface area contributed by atoms with Crippen molar-refractivity contribution in [1.82, 2.24) is 19.4 Å². The molecule has 0 aliphatic carbocycles. The minimum atomic E-state index is -3.43. The van der Waals surface area contributed by atoms with Crippen LogP contribution in [0.25, 0.3) is 0 Å². The van der Waals surface area contributed by atoms with Crippen LogP contribution in [-0.2, 0) is 17.1 Å². The highest BCUT2D eigenvalue weighted by Gasteiger charge is 2.23. The van der Waals surface area contributed by atoms with Gasteiger partial charge < -0.3 is 0 Å². The van der Waals surface area contributed by atoms with E-state index in [1.54, 1.807) is 7.05 Å². The highest BCUT2D eigenvalue weighted by molar-refractivity contribution is 7.89. The van der Waals surface area contributed by atoms with Crippen LogP contribution in [0.4, 0.5) is 0 Å². The fourth-order valence-corrected chi connectivity index (χ4v) is 3.52. The lowest BCUT2D eigenvalue weighted by Crippen LogP contribution is -2.42. The largest absolute Gasteiger partial charge is 0.299 e. The second-order valence-corrected chi connectivity index (χ2v) is 6.77. The van der Waals surface area contributed by atoms with Gasteiger partial charge in [-0.15, -0.1) is 12.4 Å². The van der Waals surface area contributed by atoms with Crippen molar-refractivity contribution in [2.24, 2.45) is 7.05 Å². The van der Waals surface area contributed by atoms with Crippen molar-refractivity contribution in [3.63, 3.8) is 0 Å². The van der Waals surface area contributed by atoms with Crippen molar-refractivity contribution in [3.05, 3.63) is 12.4 Å². The maximum Gasteiger partial charge on any atom is 0.243 e. The van der Waals surface area contributed by atoms with Crippen molar-refractivity contribution < 1.29 is 8.42 Å². The fraction of sp³-hybridized carbons (Fsp3) is 0.750. The third-order valence-corrected chi connectivity index (χ3v) is 5.01. The van der Waals surface area contributed by atoms with Crippen molar-refractivity contribution in [3.8, 4) is 0 Å². The number of hydrogen-bond acceptors (Lipinski definition) is 4. The molecule has 1 aliphatic rings. The summed E-state index contributed by atoms with van der Waals surface area (Å²) in [6.07, 6.45) is 6.27. The number of nitrogens with one attached hydrogen (secondary N) is 1. The number of aromatic nitrogens is 2. The van der Waals surface area contributed by atoms with E-state index in [1.807, 2.05) is 0 Å². The zero-order chi connectivity index (χ0) is 13.9. The monoisotopic (exact) mass is 322 g/mol. The Hall–Kier alpha value is -0.630. The van der Waals surface area contributed by atoms with Gasteiger partial charge in [-0.2, -0.15) is 5.10 Å². The molecular formula is C12H23ClN4O2S. The Morgan fingerprint density at radius 1 is 1.40 bits per heavy atom. The van der Waals surface area contributed by atoms with Crippen molar-refractivity contribution in [1.29, 1.82) is 0 Å². The minimum Gasteiger partial charge on any atom is -0.299 e. The van der Waals surface area contributed by atoms with E-state index in [-0.39, 0.29) is 23.3 Å². The highest BCUT2D eigenvalue weighted by atomic mass is 35.5.